The highest BCUT2D eigenvalue weighted by Crippen LogP contribution is 2.16. The molecule has 3 nitrogen and oxygen atoms in total. The van der Waals surface area contributed by atoms with Crippen molar-refractivity contribution < 1.29 is 9.84 Å². The lowest BCUT2D eigenvalue weighted by molar-refractivity contribution is 0.120. The molecule has 0 saturated heterocycles. The molecule has 0 fully saturated rings. The molecule has 84 valence electrons. The second kappa shape index (κ2) is 6.43. The van der Waals surface area contributed by atoms with Crippen molar-refractivity contribution in [1.29, 1.82) is 0 Å². The topological polar surface area (TPSA) is 32.7 Å². The van der Waals surface area contributed by atoms with E-state index in [0.29, 0.717) is 5.75 Å². The Labute approximate surface area is 91.3 Å². The maximum absolute atomic E-state index is 9.57. The number of benzene rings is 1. The second-order valence-corrected chi connectivity index (χ2v) is 3.56. The quantitative estimate of drug-likeness (QED) is 0.726. The van der Waals surface area contributed by atoms with Gasteiger partial charge in [0.05, 0.1) is 6.61 Å². The molecule has 3 heteroatoms. The van der Waals surface area contributed by atoms with Gasteiger partial charge in [-0.15, -0.1) is 0 Å². The van der Waals surface area contributed by atoms with Gasteiger partial charge in [0, 0.05) is 25.3 Å². The summed E-state index contributed by atoms with van der Waals surface area (Å²) in [6.45, 7) is 5.11. The number of hydrogen-bond acceptors (Lipinski definition) is 3. The summed E-state index contributed by atoms with van der Waals surface area (Å²) in [4.78, 5) is 2.13. The Morgan fingerprint density at radius 2 is 2.07 bits per heavy atom. The third kappa shape index (κ3) is 4.32. The summed E-state index contributed by atoms with van der Waals surface area (Å²) < 4.78 is 5.27. The summed E-state index contributed by atoms with van der Waals surface area (Å²) in [5.41, 5.74) is 0.955. The third-order valence-electron chi connectivity index (χ3n) is 2.25. The maximum Gasteiger partial charge on any atom is 0.120 e. The van der Waals surface area contributed by atoms with Crippen LogP contribution in [0.25, 0.3) is 0 Å². The predicted octanol–water partition coefficient (Wildman–Crippen LogP) is 1.86. The number of ether oxygens (including phenoxy) is 1. The number of nitrogens with zero attached hydrogens (tertiary/aromatic N) is 1. The lowest BCUT2D eigenvalue weighted by Gasteiger charge is -2.16. The number of para-hydroxylation sites is 1. The van der Waals surface area contributed by atoms with Gasteiger partial charge in [-0.25, -0.2) is 0 Å². The van der Waals surface area contributed by atoms with Crippen molar-refractivity contribution in [3.63, 3.8) is 0 Å². The molecule has 0 aliphatic heterocycles. The molecule has 0 atom stereocenters. The van der Waals surface area contributed by atoms with Crippen molar-refractivity contribution in [2.24, 2.45) is 0 Å². The van der Waals surface area contributed by atoms with Gasteiger partial charge in [0.15, 0.2) is 0 Å². The Balaban J connectivity index is 2.37. The molecule has 1 aromatic carbocycles. The Hall–Kier alpha value is -1.06. The minimum absolute atomic E-state index is 0.362. The van der Waals surface area contributed by atoms with Crippen molar-refractivity contribution in [3.8, 4) is 5.75 Å². The van der Waals surface area contributed by atoms with E-state index in [1.807, 2.05) is 32.2 Å². The summed E-state index contributed by atoms with van der Waals surface area (Å²) >= 11 is 0. The van der Waals surface area contributed by atoms with Crippen LogP contribution in [-0.4, -0.2) is 36.8 Å². The van der Waals surface area contributed by atoms with E-state index in [1.165, 1.54) is 0 Å². The van der Waals surface area contributed by atoms with Gasteiger partial charge in [0.2, 0.25) is 0 Å². The molecule has 0 amide bonds. The Morgan fingerprint density at radius 1 is 1.33 bits per heavy atom. The summed E-state index contributed by atoms with van der Waals surface area (Å²) in [6, 6.07) is 7.42. The Morgan fingerprint density at radius 3 is 2.73 bits per heavy atom. The van der Waals surface area contributed by atoms with Crippen LogP contribution in [-0.2, 0) is 11.3 Å². The van der Waals surface area contributed by atoms with E-state index >= 15 is 0 Å². The Bertz CT molecular complexity index is 289. The molecule has 0 saturated carbocycles. The zero-order valence-corrected chi connectivity index (χ0v) is 9.44. The van der Waals surface area contributed by atoms with Gasteiger partial charge in [-0.3, -0.25) is 4.90 Å². The number of aromatic hydroxyl groups is 1. The molecular weight excluding hydrogens is 190 g/mol. The normalized spacial score (nSPS) is 10.9. The first-order valence-corrected chi connectivity index (χ1v) is 5.27. The molecule has 0 radical (unpaired) electrons. The van der Waals surface area contributed by atoms with Gasteiger partial charge in [-0.1, -0.05) is 18.2 Å². The van der Waals surface area contributed by atoms with Gasteiger partial charge in [-0.2, -0.15) is 0 Å². The van der Waals surface area contributed by atoms with E-state index in [1.54, 1.807) is 6.07 Å². The predicted molar refractivity (Wildman–Crippen MR) is 60.9 cm³/mol. The number of likely N-dealkylation sites (N-methyl/N-ethyl adjacent to an activating group) is 1. The van der Waals surface area contributed by atoms with E-state index in [4.69, 9.17) is 4.74 Å². The van der Waals surface area contributed by atoms with Gasteiger partial charge >= 0.3 is 0 Å². The first-order chi connectivity index (χ1) is 7.24. The van der Waals surface area contributed by atoms with Crippen LogP contribution in [0.4, 0.5) is 0 Å². The van der Waals surface area contributed by atoms with Crippen LogP contribution in [0.2, 0.25) is 0 Å². The number of hydrogen-bond donors (Lipinski definition) is 1. The van der Waals surface area contributed by atoms with Gasteiger partial charge in [0.25, 0.3) is 0 Å². The minimum atomic E-state index is 0.362. The highest BCUT2D eigenvalue weighted by Gasteiger charge is 2.03. The Kier molecular flexibility index (Phi) is 5.15. The van der Waals surface area contributed by atoms with E-state index in [-0.39, 0.29) is 0 Å². The summed E-state index contributed by atoms with van der Waals surface area (Å²) in [5.74, 6) is 0.362. The van der Waals surface area contributed by atoms with Crippen LogP contribution in [0.3, 0.4) is 0 Å². The summed E-state index contributed by atoms with van der Waals surface area (Å²) in [7, 11) is 2.02. The average Bonchev–Trinajstić information content (AvgIpc) is 2.22. The zero-order valence-electron chi connectivity index (χ0n) is 9.44. The molecule has 0 spiro atoms. The minimum Gasteiger partial charge on any atom is -0.508 e. The van der Waals surface area contributed by atoms with Gasteiger partial charge in [-0.05, 0) is 20.0 Å². The fourth-order valence-corrected chi connectivity index (χ4v) is 1.38. The molecule has 1 N–H and O–H groups in total. The fraction of sp³-hybridized carbons (Fsp3) is 0.500. The van der Waals surface area contributed by atoms with Crippen LogP contribution in [0.15, 0.2) is 24.3 Å². The van der Waals surface area contributed by atoms with Gasteiger partial charge in [0.1, 0.15) is 5.75 Å². The fourth-order valence-electron chi connectivity index (χ4n) is 1.38. The summed E-state index contributed by atoms with van der Waals surface area (Å²) in [6.07, 6.45) is 0. The van der Waals surface area contributed by atoms with Crippen molar-refractivity contribution in [1.82, 2.24) is 4.90 Å². The van der Waals surface area contributed by atoms with E-state index in [0.717, 1.165) is 31.9 Å². The third-order valence-corrected chi connectivity index (χ3v) is 2.25. The van der Waals surface area contributed by atoms with Crippen LogP contribution < -0.4 is 0 Å². The standard InChI is InChI=1S/C12H19NO2/c1-3-15-9-8-13(2)10-11-6-4-5-7-12(11)14/h4-7,14H,3,8-10H2,1-2H3. The average molecular weight is 209 g/mol. The second-order valence-electron chi connectivity index (χ2n) is 3.56. The molecular formula is C12H19NO2. The first-order valence-electron chi connectivity index (χ1n) is 5.27. The number of rotatable bonds is 6. The first kappa shape index (κ1) is 12.0. The van der Waals surface area contributed by atoms with E-state index in [9.17, 15) is 5.11 Å². The number of phenols is 1. The lowest BCUT2D eigenvalue weighted by atomic mass is 10.2. The van der Waals surface area contributed by atoms with Crippen LogP contribution >= 0.6 is 0 Å². The van der Waals surface area contributed by atoms with Crippen molar-refractivity contribution in [2.75, 3.05) is 26.8 Å². The van der Waals surface area contributed by atoms with E-state index < -0.39 is 0 Å². The molecule has 15 heavy (non-hydrogen) atoms. The van der Waals surface area contributed by atoms with Crippen LogP contribution in [0.5, 0.6) is 5.75 Å². The lowest BCUT2D eigenvalue weighted by Crippen LogP contribution is -2.22. The van der Waals surface area contributed by atoms with Crippen molar-refractivity contribution >= 4 is 0 Å². The van der Waals surface area contributed by atoms with Crippen LogP contribution in [0.1, 0.15) is 12.5 Å². The molecule has 0 aromatic heterocycles. The smallest absolute Gasteiger partial charge is 0.120 e. The zero-order chi connectivity index (χ0) is 11.1. The highest BCUT2D eigenvalue weighted by molar-refractivity contribution is 5.31. The molecule has 1 rings (SSSR count). The molecule has 0 aliphatic rings. The summed E-state index contributed by atoms with van der Waals surface area (Å²) in [5, 5.41) is 9.57. The van der Waals surface area contributed by atoms with E-state index in [2.05, 4.69) is 4.90 Å². The largest absolute Gasteiger partial charge is 0.508 e. The number of phenolic OH excluding ortho intramolecular Hbond substituents is 1. The molecule has 0 bridgehead atoms. The molecule has 1 aromatic rings. The SMILES string of the molecule is CCOCCN(C)Cc1ccccc1O. The van der Waals surface area contributed by atoms with Crippen LogP contribution in [0, 0.1) is 0 Å². The van der Waals surface area contributed by atoms with Crippen molar-refractivity contribution in [3.05, 3.63) is 29.8 Å². The maximum atomic E-state index is 9.57. The molecule has 0 heterocycles. The highest BCUT2D eigenvalue weighted by atomic mass is 16.5. The molecule has 0 unspecified atom stereocenters. The monoisotopic (exact) mass is 209 g/mol. The van der Waals surface area contributed by atoms with Crippen molar-refractivity contribution in [2.45, 2.75) is 13.5 Å². The van der Waals surface area contributed by atoms with Gasteiger partial charge < -0.3 is 9.84 Å². The molecule has 0 aliphatic carbocycles.